The van der Waals surface area contributed by atoms with Gasteiger partial charge < -0.3 is 9.30 Å². The predicted octanol–water partition coefficient (Wildman–Crippen LogP) is 5.79. The Hall–Kier alpha value is -4.78. The number of rotatable bonds is 6. The molecular weight excluding hydrogens is 474 g/mol. The van der Waals surface area contributed by atoms with Gasteiger partial charge >= 0.3 is 0 Å². The molecule has 0 saturated heterocycles. The van der Waals surface area contributed by atoms with E-state index in [2.05, 4.69) is 36.2 Å². The largest absolute Gasteiger partial charge is 0.497 e. The van der Waals surface area contributed by atoms with Crippen molar-refractivity contribution in [1.29, 1.82) is 0 Å². The molecule has 0 saturated carbocycles. The van der Waals surface area contributed by atoms with Crippen LogP contribution in [-0.4, -0.2) is 38.3 Å². The van der Waals surface area contributed by atoms with E-state index in [-0.39, 0.29) is 18.5 Å². The third kappa shape index (κ3) is 4.43. The van der Waals surface area contributed by atoms with Crippen molar-refractivity contribution in [2.75, 3.05) is 7.11 Å². The zero-order valence-corrected chi connectivity index (χ0v) is 21.3. The molecule has 0 spiro atoms. The Labute approximate surface area is 221 Å². The number of ether oxygens (including phenoxy) is 1. The maximum atomic E-state index is 14.0. The monoisotopic (exact) mass is 501 g/mol. The van der Waals surface area contributed by atoms with E-state index in [1.54, 1.807) is 24.5 Å². The average molecular weight is 502 g/mol. The van der Waals surface area contributed by atoms with Gasteiger partial charge in [-0.2, -0.15) is 5.10 Å². The first-order chi connectivity index (χ1) is 18.6. The van der Waals surface area contributed by atoms with E-state index in [4.69, 9.17) is 14.8 Å². The number of imidazole rings is 1. The second-order valence-corrected chi connectivity index (χ2v) is 9.39. The van der Waals surface area contributed by atoms with Crippen molar-refractivity contribution < 1.29 is 9.53 Å². The van der Waals surface area contributed by atoms with Crippen molar-refractivity contribution in [3.05, 3.63) is 114 Å². The number of para-hydroxylation sites is 2. The van der Waals surface area contributed by atoms with Crippen LogP contribution < -0.4 is 4.74 Å². The number of aryl methyl sites for hydroxylation is 1. The molecule has 38 heavy (non-hydrogen) atoms. The zero-order chi connectivity index (χ0) is 26.1. The highest BCUT2D eigenvalue weighted by atomic mass is 16.5. The summed E-state index contributed by atoms with van der Waals surface area (Å²) in [4.78, 5) is 23.0. The fourth-order valence-electron chi connectivity index (χ4n) is 4.91. The van der Waals surface area contributed by atoms with E-state index in [1.807, 2.05) is 65.2 Å². The standard InChI is InChI=1S/C31H27N5O2/c1-21-7-9-23(10-8-21)29-19-27(22-11-13-25(38-2)14-12-22)34-36(29)30(37)20-35-28-6-4-3-5-26(28)33-31(35)24-15-17-32-18-16-24/h3-18,29H,19-20H2,1-2H3. The number of fused-ring (bicyclic) bond motifs is 1. The summed E-state index contributed by atoms with van der Waals surface area (Å²) in [5.74, 6) is 1.41. The van der Waals surface area contributed by atoms with E-state index >= 15 is 0 Å². The minimum Gasteiger partial charge on any atom is -0.497 e. The van der Waals surface area contributed by atoms with Crippen molar-refractivity contribution in [3.8, 4) is 17.1 Å². The first kappa shape index (κ1) is 23.6. The van der Waals surface area contributed by atoms with Gasteiger partial charge in [0.2, 0.25) is 0 Å². The fourth-order valence-corrected chi connectivity index (χ4v) is 4.91. The van der Waals surface area contributed by atoms with Crippen LogP contribution in [0.15, 0.2) is 102 Å². The van der Waals surface area contributed by atoms with Crippen LogP contribution >= 0.6 is 0 Å². The van der Waals surface area contributed by atoms with E-state index in [0.29, 0.717) is 6.42 Å². The molecule has 0 radical (unpaired) electrons. The Morgan fingerprint density at radius 2 is 1.66 bits per heavy atom. The summed E-state index contributed by atoms with van der Waals surface area (Å²) in [7, 11) is 1.65. The molecule has 0 bridgehead atoms. The van der Waals surface area contributed by atoms with Crippen LogP contribution in [0.4, 0.5) is 0 Å². The van der Waals surface area contributed by atoms with Crippen LogP contribution in [-0.2, 0) is 11.3 Å². The average Bonchev–Trinajstić information content (AvgIpc) is 3.57. The number of aromatic nitrogens is 3. The number of amides is 1. The van der Waals surface area contributed by atoms with Gasteiger partial charge in [0, 0.05) is 24.4 Å². The number of hydrogen-bond donors (Lipinski definition) is 0. The number of nitrogens with zero attached hydrogens (tertiary/aromatic N) is 5. The lowest BCUT2D eigenvalue weighted by Crippen LogP contribution is -2.30. The molecule has 3 aromatic carbocycles. The van der Waals surface area contributed by atoms with Crippen LogP contribution in [0, 0.1) is 6.92 Å². The van der Waals surface area contributed by atoms with Crippen molar-refractivity contribution in [1.82, 2.24) is 19.5 Å². The van der Waals surface area contributed by atoms with Crippen LogP contribution in [0.25, 0.3) is 22.4 Å². The minimum atomic E-state index is -0.195. The van der Waals surface area contributed by atoms with Crippen molar-refractivity contribution in [3.63, 3.8) is 0 Å². The highest BCUT2D eigenvalue weighted by Crippen LogP contribution is 2.34. The van der Waals surface area contributed by atoms with Gasteiger partial charge in [-0.15, -0.1) is 0 Å². The van der Waals surface area contributed by atoms with Gasteiger partial charge in [-0.3, -0.25) is 9.78 Å². The summed E-state index contributed by atoms with van der Waals surface area (Å²) in [6.45, 7) is 2.17. The Bertz CT molecular complexity index is 1620. The lowest BCUT2D eigenvalue weighted by Gasteiger charge is -2.23. The van der Waals surface area contributed by atoms with Gasteiger partial charge in [0.05, 0.1) is 29.9 Å². The topological polar surface area (TPSA) is 72.6 Å². The molecule has 0 fully saturated rings. The summed E-state index contributed by atoms with van der Waals surface area (Å²) < 4.78 is 7.29. The van der Waals surface area contributed by atoms with E-state index < -0.39 is 0 Å². The van der Waals surface area contributed by atoms with E-state index in [9.17, 15) is 4.79 Å². The van der Waals surface area contributed by atoms with Crippen LogP contribution in [0.5, 0.6) is 5.75 Å². The smallest absolute Gasteiger partial charge is 0.263 e. The predicted molar refractivity (Wildman–Crippen MR) is 148 cm³/mol. The van der Waals surface area contributed by atoms with Crippen LogP contribution in [0.3, 0.4) is 0 Å². The number of methoxy groups -OCH3 is 1. The molecule has 7 heteroatoms. The summed E-state index contributed by atoms with van der Waals surface area (Å²) in [6.07, 6.45) is 4.10. The van der Waals surface area contributed by atoms with Gasteiger partial charge in [0.1, 0.15) is 18.1 Å². The van der Waals surface area contributed by atoms with Gasteiger partial charge in [-0.1, -0.05) is 42.0 Å². The maximum absolute atomic E-state index is 14.0. The summed E-state index contributed by atoms with van der Waals surface area (Å²) in [5.41, 5.74) is 6.72. The lowest BCUT2D eigenvalue weighted by atomic mass is 9.97. The Morgan fingerprint density at radius 3 is 2.39 bits per heavy atom. The second-order valence-electron chi connectivity index (χ2n) is 9.39. The first-order valence-electron chi connectivity index (χ1n) is 12.6. The van der Waals surface area contributed by atoms with E-state index in [0.717, 1.165) is 45.0 Å². The molecule has 1 aliphatic heterocycles. The van der Waals surface area contributed by atoms with Gasteiger partial charge in [-0.25, -0.2) is 9.99 Å². The van der Waals surface area contributed by atoms with E-state index in [1.165, 1.54) is 5.56 Å². The summed E-state index contributed by atoms with van der Waals surface area (Å²) >= 11 is 0. The lowest BCUT2D eigenvalue weighted by molar-refractivity contribution is -0.133. The van der Waals surface area contributed by atoms with Crippen molar-refractivity contribution in [2.45, 2.75) is 25.9 Å². The highest BCUT2D eigenvalue weighted by molar-refractivity contribution is 6.03. The zero-order valence-electron chi connectivity index (χ0n) is 21.3. The fraction of sp³-hybridized carbons (Fsp3) is 0.161. The van der Waals surface area contributed by atoms with Gasteiger partial charge in [-0.05, 0) is 66.6 Å². The maximum Gasteiger partial charge on any atom is 0.263 e. The van der Waals surface area contributed by atoms with Gasteiger partial charge in [0.25, 0.3) is 5.91 Å². The molecular formula is C31H27N5O2. The van der Waals surface area contributed by atoms with Crippen molar-refractivity contribution >= 4 is 22.7 Å². The first-order valence-corrected chi connectivity index (χ1v) is 12.6. The van der Waals surface area contributed by atoms with Crippen molar-refractivity contribution in [2.24, 2.45) is 5.10 Å². The molecule has 3 heterocycles. The summed E-state index contributed by atoms with van der Waals surface area (Å²) in [6, 6.07) is 27.6. The third-order valence-electron chi connectivity index (χ3n) is 6.94. The second kappa shape index (κ2) is 9.94. The molecule has 1 unspecified atom stereocenters. The Balaban J connectivity index is 1.39. The number of benzene rings is 3. The number of carbonyl (C=O) groups excluding carboxylic acids is 1. The summed E-state index contributed by atoms with van der Waals surface area (Å²) in [5, 5.41) is 6.52. The molecule has 0 aliphatic carbocycles. The third-order valence-corrected chi connectivity index (χ3v) is 6.94. The molecule has 188 valence electrons. The SMILES string of the molecule is COc1ccc(C2=NN(C(=O)Cn3c(-c4ccncc4)nc4ccccc43)C(c3ccc(C)cc3)C2)cc1. The molecule has 1 atom stereocenters. The molecule has 6 rings (SSSR count). The molecule has 0 N–H and O–H groups in total. The molecule has 1 aliphatic rings. The normalized spacial score (nSPS) is 15.1. The Kier molecular flexibility index (Phi) is 6.17. The molecule has 1 amide bonds. The number of hydrazone groups is 1. The Morgan fingerprint density at radius 1 is 0.921 bits per heavy atom. The van der Waals surface area contributed by atoms with Crippen LogP contribution in [0.1, 0.15) is 29.2 Å². The number of carbonyl (C=O) groups is 1. The highest BCUT2D eigenvalue weighted by Gasteiger charge is 2.33. The van der Waals surface area contributed by atoms with Gasteiger partial charge in [0.15, 0.2) is 0 Å². The molecule has 7 nitrogen and oxygen atoms in total. The molecule has 2 aromatic heterocycles. The number of pyridine rings is 1. The number of hydrogen-bond acceptors (Lipinski definition) is 5. The van der Waals surface area contributed by atoms with Crippen LogP contribution in [0.2, 0.25) is 0 Å². The quantitative estimate of drug-likeness (QED) is 0.295. The minimum absolute atomic E-state index is 0.0995. The molecule has 5 aromatic rings.